The molecule has 0 saturated carbocycles. The van der Waals surface area contributed by atoms with Crippen LogP contribution in [0.1, 0.15) is 55.5 Å². The summed E-state index contributed by atoms with van der Waals surface area (Å²) in [7, 11) is 0. The quantitative estimate of drug-likeness (QED) is 0.734. The topological polar surface area (TPSA) is 73.0 Å². The number of carbonyl (C=O) groups excluding carboxylic acids is 3. The van der Waals surface area contributed by atoms with Crippen molar-refractivity contribution in [1.29, 1.82) is 0 Å². The molecular weight excluding hydrogens is 404 g/mol. The normalized spacial score (nSPS) is 18.9. The summed E-state index contributed by atoms with van der Waals surface area (Å²) in [4.78, 5) is 44.6. The van der Waals surface area contributed by atoms with Crippen molar-refractivity contribution in [2.24, 2.45) is 5.92 Å². The van der Waals surface area contributed by atoms with Crippen LogP contribution in [0.4, 0.5) is 0 Å². The van der Waals surface area contributed by atoms with E-state index in [1.807, 2.05) is 48.8 Å². The molecule has 1 aromatic rings. The Bertz CT molecular complexity index is 794. The van der Waals surface area contributed by atoms with Crippen LogP contribution in [0, 0.1) is 12.8 Å². The third kappa shape index (κ3) is 6.55. The average molecular weight is 443 g/mol. The van der Waals surface area contributed by atoms with E-state index in [-0.39, 0.29) is 23.6 Å². The second-order valence-corrected chi connectivity index (χ2v) is 9.46. The zero-order chi connectivity index (χ0) is 23.1. The molecule has 1 atom stereocenters. The molecule has 176 valence electrons. The highest BCUT2D eigenvalue weighted by atomic mass is 16.2. The molecule has 2 heterocycles. The van der Waals surface area contributed by atoms with Crippen LogP contribution in [-0.4, -0.2) is 84.3 Å². The number of aryl methyl sites for hydroxylation is 1. The maximum absolute atomic E-state index is 13.2. The third-order valence-electron chi connectivity index (χ3n) is 6.50. The molecule has 1 unspecified atom stereocenters. The van der Waals surface area contributed by atoms with Crippen LogP contribution in [0.15, 0.2) is 24.3 Å². The van der Waals surface area contributed by atoms with Crippen LogP contribution >= 0.6 is 0 Å². The van der Waals surface area contributed by atoms with Gasteiger partial charge in [-0.15, -0.1) is 0 Å². The summed E-state index contributed by atoms with van der Waals surface area (Å²) in [5.74, 6) is -0.0713. The van der Waals surface area contributed by atoms with E-state index in [0.717, 1.165) is 31.5 Å². The second kappa shape index (κ2) is 11.5. The Balaban J connectivity index is 1.52. The van der Waals surface area contributed by atoms with Crippen molar-refractivity contribution < 1.29 is 14.4 Å². The van der Waals surface area contributed by atoms with E-state index in [2.05, 4.69) is 10.2 Å². The third-order valence-corrected chi connectivity index (χ3v) is 6.50. The fourth-order valence-corrected chi connectivity index (χ4v) is 4.46. The lowest BCUT2D eigenvalue weighted by Crippen LogP contribution is -2.57. The Labute approximate surface area is 192 Å². The monoisotopic (exact) mass is 442 g/mol. The maximum Gasteiger partial charge on any atom is 0.251 e. The summed E-state index contributed by atoms with van der Waals surface area (Å²) in [6.45, 7) is 10.5. The van der Waals surface area contributed by atoms with Crippen LogP contribution in [0.2, 0.25) is 0 Å². The highest BCUT2D eigenvalue weighted by Crippen LogP contribution is 2.13. The molecule has 3 amide bonds. The maximum atomic E-state index is 13.2. The summed E-state index contributed by atoms with van der Waals surface area (Å²) < 4.78 is 0. The van der Waals surface area contributed by atoms with Crippen molar-refractivity contribution in [2.75, 3.05) is 45.8 Å². The van der Waals surface area contributed by atoms with Gasteiger partial charge < -0.3 is 15.1 Å². The predicted molar refractivity (Wildman–Crippen MR) is 125 cm³/mol. The Hall–Kier alpha value is -2.41. The van der Waals surface area contributed by atoms with Crippen molar-refractivity contribution in [2.45, 2.75) is 52.5 Å². The second-order valence-electron chi connectivity index (χ2n) is 9.46. The van der Waals surface area contributed by atoms with Gasteiger partial charge in [-0.1, -0.05) is 44.4 Å². The van der Waals surface area contributed by atoms with Crippen molar-refractivity contribution in [3.63, 3.8) is 0 Å². The van der Waals surface area contributed by atoms with Crippen molar-refractivity contribution in [1.82, 2.24) is 20.0 Å². The zero-order valence-electron chi connectivity index (χ0n) is 19.8. The SMILES string of the molecule is Cc1cccc(C(=O)NC(C(=O)N2CCN(CC(=O)N3CCCCCC3)CC2)C(C)C)c1. The Kier molecular flexibility index (Phi) is 8.67. The Morgan fingerprint density at radius 3 is 2.16 bits per heavy atom. The van der Waals surface area contributed by atoms with E-state index in [1.54, 1.807) is 6.07 Å². The minimum Gasteiger partial charge on any atom is -0.342 e. The molecule has 32 heavy (non-hydrogen) atoms. The van der Waals surface area contributed by atoms with Gasteiger partial charge >= 0.3 is 0 Å². The average Bonchev–Trinajstić information content (AvgIpc) is 3.07. The molecule has 2 aliphatic rings. The van der Waals surface area contributed by atoms with Crippen molar-refractivity contribution >= 4 is 17.7 Å². The van der Waals surface area contributed by atoms with E-state index in [0.29, 0.717) is 38.3 Å². The smallest absolute Gasteiger partial charge is 0.251 e. The molecule has 7 heteroatoms. The number of rotatable bonds is 6. The fourth-order valence-electron chi connectivity index (χ4n) is 4.46. The molecule has 1 N–H and O–H groups in total. The molecule has 0 bridgehead atoms. The van der Waals surface area contributed by atoms with E-state index in [1.165, 1.54) is 12.8 Å². The fraction of sp³-hybridized carbons (Fsp3) is 0.640. The first kappa shape index (κ1) is 24.2. The van der Waals surface area contributed by atoms with Crippen molar-refractivity contribution in [3.05, 3.63) is 35.4 Å². The number of piperazine rings is 1. The molecule has 3 rings (SSSR count). The minimum atomic E-state index is -0.562. The van der Waals surface area contributed by atoms with Gasteiger partial charge in [-0.05, 0) is 37.8 Å². The molecule has 0 radical (unpaired) electrons. The molecule has 0 spiro atoms. The van der Waals surface area contributed by atoms with Gasteiger partial charge in [0.2, 0.25) is 11.8 Å². The molecule has 2 aliphatic heterocycles. The van der Waals surface area contributed by atoms with E-state index in [4.69, 9.17) is 0 Å². The number of carbonyl (C=O) groups is 3. The van der Waals surface area contributed by atoms with Gasteiger partial charge in [-0.25, -0.2) is 0 Å². The number of likely N-dealkylation sites (tertiary alicyclic amines) is 1. The molecular formula is C25H38N4O3. The lowest BCUT2D eigenvalue weighted by atomic mass is 10.0. The van der Waals surface area contributed by atoms with E-state index >= 15 is 0 Å². The van der Waals surface area contributed by atoms with Gasteiger partial charge in [0, 0.05) is 44.8 Å². The zero-order valence-corrected chi connectivity index (χ0v) is 19.8. The summed E-state index contributed by atoms with van der Waals surface area (Å²) in [6.07, 6.45) is 4.61. The van der Waals surface area contributed by atoms with Gasteiger partial charge in [0.25, 0.3) is 5.91 Å². The van der Waals surface area contributed by atoms with Crippen LogP contribution in [0.25, 0.3) is 0 Å². The number of benzene rings is 1. The summed E-state index contributed by atoms with van der Waals surface area (Å²) in [6, 6.07) is 6.83. The van der Waals surface area contributed by atoms with Gasteiger partial charge in [-0.3, -0.25) is 19.3 Å². The lowest BCUT2D eigenvalue weighted by molar-refractivity contribution is -0.137. The molecule has 7 nitrogen and oxygen atoms in total. The van der Waals surface area contributed by atoms with Crippen LogP contribution < -0.4 is 5.32 Å². The van der Waals surface area contributed by atoms with Crippen LogP contribution in [0.5, 0.6) is 0 Å². The van der Waals surface area contributed by atoms with E-state index < -0.39 is 6.04 Å². The molecule has 2 fully saturated rings. The summed E-state index contributed by atoms with van der Waals surface area (Å²) >= 11 is 0. The first-order valence-electron chi connectivity index (χ1n) is 12.0. The molecule has 0 aromatic heterocycles. The van der Waals surface area contributed by atoms with Gasteiger partial charge in [0.05, 0.1) is 6.54 Å². The first-order chi connectivity index (χ1) is 15.3. The van der Waals surface area contributed by atoms with Crippen LogP contribution in [0.3, 0.4) is 0 Å². The highest BCUT2D eigenvalue weighted by molar-refractivity contribution is 5.97. The number of nitrogens with zero attached hydrogens (tertiary/aromatic N) is 3. The molecule has 2 saturated heterocycles. The van der Waals surface area contributed by atoms with Gasteiger partial charge in [0.1, 0.15) is 6.04 Å². The minimum absolute atomic E-state index is 0.0149. The first-order valence-corrected chi connectivity index (χ1v) is 12.0. The Morgan fingerprint density at radius 2 is 1.56 bits per heavy atom. The van der Waals surface area contributed by atoms with Gasteiger partial charge in [-0.2, -0.15) is 0 Å². The Morgan fingerprint density at radius 1 is 0.906 bits per heavy atom. The van der Waals surface area contributed by atoms with Crippen molar-refractivity contribution in [3.8, 4) is 0 Å². The van der Waals surface area contributed by atoms with Crippen LogP contribution in [-0.2, 0) is 9.59 Å². The number of hydrogen-bond donors (Lipinski definition) is 1. The number of nitrogens with one attached hydrogen (secondary N) is 1. The molecule has 1 aromatic carbocycles. The lowest BCUT2D eigenvalue weighted by Gasteiger charge is -2.37. The standard InChI is InChI=1S/C25H38N4O3/c1-19(2)23(26-24(31)21-10-8-9-20(3)17-21)25(32)29-15-13-27(14-16-29)18-22(30)28-11-6-4-5-7-12-28/h8-10,17,19,23H,4-7,11-16,18H2,1-3H3,(H,26,31). The highest BCUT2D eigenvalue weighted by Gasteiger charge is 2.31. The summed E-state index contributed by atoms with van der Waals surface area (Å²) in [5, 5.41) is 2.94. The van der Waals surface area contributed by atoms with E-state index in [9.17, 15) is 14.4 Å². The predicted octanol–water partition coefficient (Wildman–Crippen LogP) is 2.30. The largest absolute Gasteiger partial charge is 0.342 e. The van der Waals surface area contributed by atoms with Gasteiger partial charge in [0.15, 0.2) is 0 Å². The summed E-state index contributed by atoms with van der Waals surface area (Å²) in [5.41, 5.74) is 1.58. The number of amides is 3. The molecule has 0 aliphatic carbocycles. The number of hydrogen-bond acceptors (Lipinski definition) is 4.